The second-order valence-electron chi connectivity index (χ2n) is 4.85. The minimum atomic E-state index is 0.243. The van der Waals surface area contributed by atoms with Crippen molar-refractivity contribution in [2.45, 2.75) is 38.6 Å². The second-order valence-corrected chi connectivity index (χ2v) is 4.85. The lowest BCUT2D eigenvalue weighted by molar-refractivity contribution is -0.128. The number of likely N-dealkylation sites (tertiary alicyclic amines) is 1. The molecular weight excluding hydrogens is 222 g/mol. The first-order valence-electron chi connectivity index (χ1n) is 6.74. The molecule has 1 aromatic carbocycles. The Morgan fingerprint density at radius 1 is 1.33 bits per heavy atom. The van der Waals surface area contributed by atoms with Crippen LogP contribution in [-0.2, 0) is 17.6 Å². The van der Waals surface area contributed by atoms with Crippen molar-refractivity contribution in [1.29, 1.82) is 0 Å². The lowest BCUT2D eigenvalue weighted by atomic mass is 10.1. The van der Waals surface area contributed by atoms with Gasteiger partial charge in [0, 0.05) is 13.0 Å². The maximum atomic E-state index is 11.7. The van der Waals surface area contributed by atoms with Crippen LogP contribution < -0.4 is 0 Å². The van der Waals surface area contributed by atoms with Crippen LogP contribution in [0.2, 0.25) is 0 Å². The molecular formula is C16H21NO. The number of hydrogen-bond donors (Lipinski definition) is 0. The van der Waals surface area contributed by atoms with Gasteiger partial charge >= 0.3 is 0 Å². The van der Waals surface area contributed by atoms with E-state index in [9.17, 15) is 4.79 Å². The fourth-order valence-corrected chi connectivity index (χ4v) is 2.48. The van der Waals surface area contributed by atoms with Crippen molar-refractivity contribution >= 4 is 5.91 Å². The summed E-state index contributed by atoms with van der Waals surface area (Å²) >= 11 is 0. The predicted octanol–water partition coefficient (Wildman–Crippen LogP) is 2.97. The Morgan fingerprint density at radius 2 is 2.00 bits per heavy atom. The Morgan fingerprint density at radius 3 is 2.61 bits per heavy atom. The van der Waals surface area contributed by atoms with Crippen LogP contribution in [0.5, 0.6) is 0 Å². The molecule has 1 saturated heterocycles. The third-order valence-electron chi connectivity index (χ3n) is 3.72. The molecule has 1 atom stereocenters. The van der Waals surface area contributed by atoms with Crippen LogP contribution in [0.1, 0.15) is 30.9 Å². The number of aryl methyl sites for hydroxylation is 1. The predicted molar refractivity (Wildman–Crippen MR) is 74.5 cm³/mol. The average molecular weight is 243 g/mol. The fourth-order valence-electron chi connectivity index (χ4n) is 2.48. The largest absolute Gasteiger partial charge is 0.336 e. The van der Waals surface area contributed by atoms with Crippen molar-refractivity contribution < 1.29 is 4.79 Å². The van der Waals surface area contributed by atoms with Crippen molar-refractivity contribution in [2.24, 2.45) is 0 Å². The summed E-state index contributed by atoms with van der Waals surface area (Å²) in [5, 5.41) is 0. The summed E-state index contributed by atoms with van der Waals surface area (Å²) in [4.78, 5) is 13.7. The lowest BCUT2D eigenvalue weighted by Crippen LogP contribution is -2.33. The van der Waals surface area contributed by atoms with Gasteiger partial charge in [-0.15, -0.1) is 6.58 Å². The van der Waals surface area contributed by atoms with E-state index in [2.05, 4.69) is 37.8 Å². The zero-order valence-electron chi connectivity index (χ0n) is 11.1. The number of amides is 1. The van der Waals surface area contributed by atoms with E-state index in [-0.39, 0.29) is 11.9 Å². The summed E-state index contributed by atoms with van der Waals surface area (Å²) in [5.74, 6) is 0.269. The summed E-state index contributed by atoms with van der Waals surface area (Å²) in [6.07, 6.45) is 5.50. The third kappa shape index (κ3) is 2.81. The summed E-state index contributed by atoms with van der Waals surface area (Å²) in [7, 11) is 0. The lowest BCUT2D eigenvalue weighted by Gasteiger charge is -2.22. The van der Waals surface area contributed by atoms with Crippen LogP contribution in [-0.4, -0.2) is 23.4 Å². The average Bonchev–Trinajstić information content (AvgIpc) is 2.77. The van der Waals surface area contributed by atoms with E-state index in [1.165, 1.54) is 11.1 Å². The Bertz CT molecular complexity index is 421. The number of rotatable bonds is 5. The highest BCUT2D eigenvalue weighted by Gasteiger charge is 2.27. The Hall–Kier alpha value is -1.57. The van der Waals surface area contributed by atoms with E-state index < -0.39 is 0 Å². The summed E-state index contributed by atoms with van der Waals surface area (Å²) < 4.78 is 0. The Kier molecular flexibility index (Phi) is 4.19. The van der Waals surface area contributed by atoms with Gasteiger partial charge in [0.25, 0.3) is 0 Å². The summed E-state index contributed by atoms with van der Waals surface area (Å²) in [6.45, 7) is 6.78. The first-order valence-corrected chi connectivity index (χ1v) is 6.74. The molecule has 0 radical (unpaired) electrons. The van der Waals surface area contributed by atoms with Crippen molar-refractivity contribution in [3.63, 3.8) is 0 Å². The van der Waals surface area contributed by atoms with Gasteiger partial charge in [0.15, 0.2) is 0 Å². The van der Waals surface area contributed by atoms with Crippen LogP contribution in [0.3, 0.4) is 0 Å². The smallest absolute Gasteiger partial charge is 0.223 e. The molecule has 0 saturated carbocycles. The van der Waals surface area contributed by atoms with Crippen molar-refractivity contribution in [2.75, 3.05) is 6.54 Å². The van der Waals surface area contributed by atoms with E-state index >= 15 is 0 Å². The normalized spacial score (nSPS) is 19.3. The first kappa shape index (κ1) is 12.9. The standard InChI is InChI=1S/C16H21NO/c1-3-13-5-7-14(8-6-13)11-12-17-15(4-2)9-10-16(17)18/h4-8,15H,2-3,9-12H2,1H3. The Labute approximate surface area is 109 Å². The van der Waals surface area contributed by atoms with Crippen LogP contribution in [0.15, 0.2) is 36.9 Å². The molecule has 96 valence electrons. The first-order chi connectivity index (χ1) is 8.74. The molecule has 0 aliphatic carbocycles. The van der Waals surface area contributed by atoms with Gasteiger partial charge < -0.3 is 4.90 Å². The Balaban J connectivity index is 1.93. The molecule has 1 amide bonds. The number of nitrogens with zero attached hydrogens (tertiary/aromatic N) is 1. The fraction of sp³-hybridized carbons (Fsp3) is 0.438. The highest BCUT2D eigenvalue weighted by molar-refractivity contribution is 5.79. The maximum absolute atomic E-state index is 11.7. The monoisotopic (exact) mass is 243 g/mol. The molecule has 1 heterocycles. The van der Waals surface area contributed by atoms with Crippen molar-refractivity contribution in [3.8, 4) is 0 Å². The molecule has 0 spiro atoms. The van der Waals surface area contributed by atoms with Crippen LogP contribution in [0.4, 0.5) is 0 Å². The summed E-state index contributed by atoms with van der Waals surface area (Å²) in [5.41, 5.74) is 2.66. The van der Waals surface area contributed by atoms with Gasteiger partial charge in [-0.3, -0.25) is 4.79 Å². The van der Waals surface area contributed by atoms with Crippen molar-refractivity contribution in [3.05, 3.63) is 48.0 Å². The van der Waals surface area contributed by atoms with Crippen LogP contribution in [0.25, 0.3) is 0 Å². The molecule has 0 aromatic heterocycles. The van der Waals surface area contributed by atoms with Crippen LogP contribution >= 0.6 is 0 Å². The molecule has 2 nitrogen and oxygen atoms in total. The highest BCUT2D eigenvalue weighted by Crippen LogP contribution is 2.19. The van der Waals surface area contributed by atoms with E-state index in [0.29, 0.717) is 6.42 Å². The van der Waals surface area contributed by atoms with E-state index in [4.69, 9.17) is 0 Å². The zero-order chi connectivity index (χ0) is 13.0. The van der Waals surface area contributed by atoms with Gasteiger partial charge in [-0.25, -0.2) is 0 Å². The molecule has 1 fully saturated rings. The van der Waals surface area contributed by atoms with E-state index in [1.807, 2.05) is 11.0 Å². The molecule has 1 aliphatic heterocycles. The SMILES string of the molecule is C=CC1CCC(=O)N1CCc1ccc(CC)cc1. The van der Waals surface area contributed by atoms with E-state index in [0.717, 1.165) is 25.8 Å². The van der Waals surface area contributed by atoms with Gasteiger partial charge in [-0.2, -0.15) is 0 Å². The molecule has 2 heteroatoms. The zero-order valence-corrected chi connectivity index (χ0v) is 11.1. The molecule has 0 N–H and O–H groups in total. The quantitative estimate of drug-likeness (QED) is 0.728. The molecule has 18 heavy (non-hydrogen) atoms. The molecule has 2 rings (SSSR count). The molecule has 0 bridgehead atoms. The number of carbonyl (C=O) groups excluding carboxylic acids is 1. The van der Waals surface area contributed by atoms with Gasteiger partial charge in [-0.1, -0.05) is 37.3 Å². The molecule has 1 aliphatic rings. The van der Waals surface area contributed by atoms with E-state index in [1.54, 1.807) is 0 Å². The molecule has 1 unspecified atom stereocenters. The number of hydrogen-bond acceptors (Lipinski definition) is 1. The van der Waals surface area contributed by atoms with Gasteiger partial charge in [0.2, 0.25) is 5.91 Å². The third-order valence-corrected chi connectivity index (χ3v) is 3.72. The molecule has 1 aromatic rings. The van der Waals surface area contributed by atoms with Crippen LogP contribution in [0, 0.1) is 0 Å². The minimum Gasteiger partial charge on any atom is -0.336 e. The van der Waals surface area contributed by atoms with Gasteiger partial charge in [0.05, 0.1) is 6.04 Å². The van der Waals surface area contributed by atoms with Crippen molar-refractivity contribution in [1.82, 2.24) is 4.90 Å². The van der Waals surface area contributed by atoms with Gasteiger partial charge in [0.1, 0.15) is 0 Å². The second kappa shape index (κ2) is 5.85. The summed E-state index contributed by atoms with van der Waals surface area (Å²) in [6, 6.07) is 8.93. The topological polar surface area (TPSA) is 20.3 Å². The van der Waals surface area contributed by atoms with Gasteiger partial charge in [-0.05, 0) is 30.4 Å². The highest BCUT2D eigenvalue weighted by atomic mass is 16.2. The minimum absolute atomic E-state index is 0.243. The maximum Gasteiger partial charge on any atom is 0.223 e. The number of carbonyl (C=O) groups is 1. The number of benzene rings is 1.